The molecule has 1 atom stereocenters. The van der Waals surface area contributed by atoms with Gasteiger partial charge < -0.3 is 14.6 Å². The molecule has 2 aromatic heterocycles. The maximum Gasteiger partial charge on any atom is 0.339 e. The summed E-state index contributed by atoms with van der Waals surface area (Å²) in [6.07, 6.45) is 2.39. The zero-order valence-electron chi connectivity index (χ0n) is 13.6. The molecule has 1 unspecified atom stereocenters. The van der Waals surface area contributed by atoms with Gasteiger partial charge in [-0.1, -0.05) is 18.2 Å². The molecule has 1 N–H and O–H groups in total. The third kappa shape index (κ3) is 2.96. The Hall–Kier alpha value is -2.86. The molecule has 1 fully saturated rings. The van der Waals surface area contributed by atoms with Gasteiger partial charge in [0.2, 0.25) is 0 Å². The first-order valence-electron chi connectivity index (χ1n) is 8.24. The average Bonchev–Trinajstić information content (AvgIpc) is 3.29. The minimum atomic E-state index is -0.988. The molecule has 0 radical (unpaired) electrons. The van der Waals surface area contributed by atoms with E-state index in [1.54, 1.807) is 10.6 Å². The fraction of sp³-hybridized carbons (Fsp3) is 0.263. The SMILES string of the molecule is O=C(O)c1cnn2c(-c3ccccc3OCC3CCOC3)cccc12. The van der Waals surface area contributed by atoms with Gasteiger partial charge in [0.05, 0.1) is 30.6 Å². The molecule has 128 valence electrons. The number of carboxylic acids is 1. The number of aromatic carboxylic acids is 1. The Morgan fingerprint density at radius 2 is 2.16 bits per heavy atom. The van der Waals surface area contributed by atoms with Crippen molar-refractivity contribution in [2.45, 2.75) is 6.42 Å². The number of rotatable bonds is 5. The number of hydrogen-bond donors (Lipinski definition) is 1. The lowest BCUT2D eigenvalue weighted by atomic mass is 10.1. The molecule has 3 heterocycles. The van der Waals surface area contributed by atoms with Crippen molar-refractivity contribution in [3.8, 4) is 17.0 Å². The summed E-state index contributed by atoms with van der Waals surface area (Å²) in [5.41, 5.74) is 2.42. The predicted octanol–water partition coefficient (Wildman–Crippen LogP) is 3.11. The molecule has 0 aliphatic carbocycles. The van der Waals surface area contributed by atoms with Gasteiger partial charge in [-0.05, 0) is 30.7 Å². The number of aromatic nitrogens is 2. The van der Waals surface area contributed by atoms with Crippen LogP contribution in [0, 0.1) is 5.92 Å². The van der Waals surface area contributed by atoms with Crippen LogP contribution in [0.5, 0.6) is 5.75 Å². The molecule has 1 saturated heterocycles. The van der Waals surface area contributed by atoms with Crippen molar-refractivity contribution in [2.24, 2.45) is 5.92 Å². The van der Waals surface area contributed by atoms with E-state index in [1.807, 2.05) is 36.4 Å². The minimum Gasteiger partial charge on any atom is -0.493 e. The van der Waals surface area contributed by atoms with E-state index >= 15 is 0 Å². The summed E-state index contributed by atoms with van der Waals surface area (Å²) in [5, 5.41) is 13.6. The Bertz CT molecular complexity index is 913. The monoisotopic (exact) mass is 338 g/mol. The number of carbonyl (C=O) groups is 1. The lowest BCUT2D eigenvalue weighted by Gasteiger charge is -2.15. The smallest absolute Gasteiger partial charge is 0.339 e. The topological polar surface area (TPSA) is 73.1 Å². The van der Waals surface area contributed by atoms with Gasteiger partial charge in [0.1, 0.15) is 11.3 Å². The molecule has 0 amide bonds. The molecule has 0 spiro atoms. The molecular formula is C19H18N2O4. The molecular weight excluding hydrogens is 320 g/mol. The highest BCUT2D eigenvalue weighted by atomic mass is 16.5. The quantitative estimate of drug-likeness (QED) is 0.774. The van der Waals surface area contributed by atoms with Crippen molar-refractivity contribution in [3.63, 3.8) is 0 Å². The number of ether oxygens (including phenoxy) is 2. The van der Waals surface area contributed by atoms with Gasteiger partial charge >= 0.3 is 5.97 Å². The predicted molar refractivity (Wildman–Crippen MR) is 92.0 cm³/mol. The largest absolute Gasteiger partial charge is 0.493 e. The number of fused-ring (bicyclic) bond motifs is 1. The van der Waals surface area contributed by atoms with Gasteiger partial charge in [-0.25, -0.2) is 9.31 Å². The third-order valence-corrected chi connectivity index (χ3v) is 4.43. The second-order valence-corrected chi connectivity index (χ2v) is 6.11. The Morgan fingerprint density at radius 1 is 1.28 bits per heavy atom. The number of carboxylic acid groups (broad SMARTS) is 1. The lowest BCUT2D eigenvalue weighted by molar-refractivity contribution is 0.0699. The van der Waals surface area contributed by atoms with Crippen LogP contribution in [-0.2, 0) is 4.74 Å². The highest BCUT2D eigenvalue weighted by molar-refractivity contribution is 5.95. The standard InChI is InChI=1S/C19H18N2O4/c22-19(23)15-10-20-21-16(5-3-6-17(15)21)14-4-1-2-7-18(14)25-12-13-8-9-24-11-13/h1-7,10,13H,8-9,11-12H2,(H,22,23). The highest BCUT2D eigenvalue weighted by Crippen LogP contribution is 2.31. The molecule has 3 aromatic rings. The number of pyridine rings is 1. The molecule has 1 aliphatic heterocycles. The molecule has 0 bridgehead atoms. The molecule has 6 heteroatoms. The Labute approximate surface area is 144 Å². The van der Waals surface area contributed by atoms with Gasteiger partial charge in [-0.2, -0.15) is 5.10 Å². The minimum absolute atomic E-state index is 0.184. The number of hydrogen-bond acceptors (Lipinski definition) is 4. The van der Waals surface area contributed by atoms with Crippen LogP contribution in [0.15, 0.2) is 48.7 Å². The average molecular weight is 338 g/mol. The summed E-state index contributed by atoms with van der Waals surface area (Å²) in [5.74, 6) is 0.180. The van der Waals surface area contributed by atoms with E-state index in [0.29, 0.717) is 18.0 Å². The van der Waals surface area contributed by atoms with Crippen LogP contribution in [0.3, 0.4) is 0 Å². The van der Waals surface area contributed by atoms with Crippen molar-refractivity contribution >= 4 is 11.5 Å². The summed E-state index contributed by atoms with van der Waals surface area (Å²) < 4.78 is 13.1. The second kappa shape index (κ2) is 6.57. The van der Waals surface area contributed by atoms with Crippen LogP contribution in [0.4, 0.5) is 0 Å². The van der Waals surface area contributed by atoms with Gasteiger partial charge in [0.25, 0.3) is 0 Å². The molecule has 1 aliphatic rings. The summed E-state index contributed by atoms with van der Waals surface area (Å²) >= 11 is 0. The Kier molecular flexibility index (Phi) is 4.11. The van der Waals surface area contributed by atoms with Crippen LogP contribution >= 0.6 is 0 Å². The van der Waals surface area contributed by atoms with Crippen molar-refractivity contribution in [3.05, 3.63) is 54.2 Å². The van der Waals surface area contributed by atoms with Crippen molar-refractivity contribution < 1.29 is 19.4 Å². The van der Waals surface area contributed by atoms with Crippen molar-refractivity contribution in [2.75, 3.05) is 19.8 Å². The van der Waals surface area contributed by atoms with Gasteiger partial charge in [0, 0.05) is 18.1 Å². The first-order valence-corrected chi connectivity index (χ1v) is 8.24. The van der Waals surface area contributed by atoms with Crippen molar-refractivity contribution in [1.82, 2.24) is 9.61 Å². The Morgan fingerprint density at radius 3 is 2.96 bits per heavy atom. The summed E-state index contributed by atoms with van der Waals surface area (Å²) in [4.78, 5) is 11.4. The number of benzene rings is 1. The van der Waals surface area contributed by atoms with E-state index in [4.69, 9.17) is 9.47 Å². The van der Waals surface area contributed by atoms with Crippen LogP contribution in [0.2, 0.25) is 0 Å². The molecule has 6 nitrogen and oxygen atoms in total. The maximum atomic E-state index is 11.4. The van der Waals surface area contributed by atoms with Crippen LogP contribution in [0.25, 0.3) is 16.8 Å². The van der Waals surface area contributed by atoms with Crippen LogP contribution < -0.4 is 4.74 Å². The van der Waals surface area contributed by atoms with Crippen LogP contribution in [0.1, 0.15) is 16.8 Å². The van der Waals surface area contributed by atoms with Crippen LogP contribution in [-0.4, -0.2) is 40.5 Å². The fourth-order valence-electron chi connectivity index (χ4n) is 3.11. The zero-order chi connectivity index (χ0) is 17.2. The zero-order valence-corrected chi connectivity index (χ0v) is 13.6. The van der Waals surface area contributed by atoms with Gasteiger partial charge in [-0.3, -0.25) is 0 Å². The van der Waals surface area contributed by atoms with Gasteiger partial charge in [0.15, 0.2) is 0 Å². The number of nitrogens with zero attached hydrogens (tertiary/aromatic N) is 2. The van der Waals surface area contributed by atoms with Gasteiger partial charge in [-0.15, -0.1) is 0 Å². The van der Waals surface area contributed by atoms with E-state index in [9.17, 15) is 9.90 Å². The lowest BCUT2D eigenvalue weighted by Crippen LogP contribution is -2.12. The molecule has 0 saturated carbocycles. The fourth-order valence-corrected chi connectivity index (χ4v) is 3.11. The molecule has 4 rings (SSSR count). The highest BCUT2D eigenvalue weighted by Gasteiger charge is 2.19. The van der Waals surface area contributed by atoms with E-state index in [-0.39, 0.29) is 5.56 Å². The summed E-state index contributed by atoms with van der Waals surface area (Å²) in [6.45, 7) is 2.13. The maximum absolute atomic E-state index is 11.4. The molecule has 1 aromatic carbocycles. The van der Waals surface area contributed by atoms with E-state index in [0.717, 1.165) is 36.6 Å². The summed E-state index contributed by atoms with van der Waals surface area (Å²) in [7, 11) is 0. The van der Waals surface area contributed by atoms with E-state index in [1.165, 1.54) is 6.20 Å². The Balaban J connectivity index is 1.72. The first kappa shape index (κ1) is 15.7. The third-order valence-electron chi connectivity index (χ3n) is 4.43. The number of para-hydroxylation sites is 1. The summed E-state index contributed by atoms with van der Waals surface area (Å²) in [6, 6.07) is 13.2. The first-order chi connectivity index (χ1) is 12.2. The van der Waals surface area contributed by atoms with Crippen molar-refractivity contribution in [1.29, 1.82) is 0 Å². The van der Waals surface area contributed by atoms with E-state index < -0.39 is 5.97 Å². The second-order valence-electron chi connectivity index (χ2n) is 6.11. The van der Waals surface area contributed by atoms with E-state index in [2.05, 4.69) is 5.10 Å². The molecule has 25 heavy (non-hydrogen) atoms. The normalized spacial score (nSPS) is 17.0.